The van der Waals surface area contributed by atoms with Gasteiger partial charge in [0, 0.05) is 13.1 Å². The summed E-state index contributed by atoms with van der Waals surface area (Å²) < 4.78 is 0. The lowest BCUT2D eigenvalue weighted by molar-refractivity contribution is -0.130. The predicted molar refractivity (Wildman–Crippen MR) is 69.0 cm³/mol. The fourth-order valence-electron chi connectivity index (χ4n) is 2.26. The summed E-state index contributed by atoms with van der Waals surface area (Å²) in [5, 5.41) is 3.10. The van der Waals surface area contributed by atoms with Gasteiger partial charge in [0.2, 0.25) is 5.91 Å². The monoisotopic (exact) mass is 232 g/mol. The summed E-state index contributed by atoms with van der Waals surface area (Å²) in [6.07, 6.45) is 1.96. The number of rotatable bonds is 3. The fourth-order valence-corrected chi connectivity index (χ4v) is 2.26. The number of nitrogens with one attached hydrogen (secondary N) is 1. The quantitative estimate of drug-likeness (QED) is 0.850. The summed E-state index contributed by atoms with van der Waals surface area (Å²) >= 11 is 0. The number of amides is 1. The Kier molecular flexibility index (Phi) is 4.15. The standard InChI is InChI=1S/C14H20N2O/c1-2-15-11-14(17)16-9-7-12-5-3-4-6-13(12)8-10-16/h3-6,15H,2,7-11H2,1H3. The lowest BCUT2D eigenvalue weighted by Crippen LogP contribution is -2.39. The van der Waals surface area contributed by atoms with Crippen molar-refractivity contribution in [3.05, 3.63) is 35.4 Å². The summed E-state index contributed by atoms with van der Waals surface area (Å²) in [5.41, 5.74) is 2.79. The lowest BCUT2D eigenvalue weighted by Gasteiger charge is -2.20. The van der Waals surface area contributed by atoms with Crippen LogP contribution in [0.5, 0.6) is 0 Å². The Morgan fingerprint density at radius 1 is 1.24 bits per heavy atom. The first-order valence-corrected chi connectivity index (χ1v) is 6.36. The van der Waals surface area contributed by atoms with E-state index in [1.807, 2.05) is 11.8 Å². The van der Waals surface area contributed by atoms with Gasteiger partial charge in [-0.05, 0) is 30.5 Å². The largest absolute Gasteiger partial charge is 0.341 e. The van der Waals surface area contributed by atoms with Crippen LogP contribution in [-0.2, 0) is 17.6 Å². The zero-order valence-electron chi connectivity index (χ0n) is 10.4. The minimum Gasteiger partial charge on any atom is -0.341 e. The summed E-state index contributed by atoms with van der Waals surface area (Å²) in [4.78, 5) is 13.9. The van der Waals surface area contributed by atoms with Crippen molar-refractivity contribution in [2.75, 3.05) is 26.2 Å². The van der Waals surface area contributed by atoms with Crippen molar-refractivity contribution >= 4 is 5.91 Å². The average Bonchev–Trinajstić information content (AvgIpc) is 2.58. The molecule has 1 aliphatic rings. The molecule has 0 atom stereocenters. The van der Waals surface area contributed by atoms with Crippen LogP contribution in [0.2, 0.25) is 0 Å². The van der Waals surface area contributed by atoms with Crippen molar-refractivity contribution in [3.8, 4) is 0 Å². The maximum Gasteiger partial charge on any atom is 0.236 e. The highest BCUT2D eigenvalue weighted by atomic mass is 16.2. The average molecular weight is 232 g/mol. The number of fused-ring (bicyclic) bond motifs is 1. The molecule has 1 aliphatic heterocycles. The molecule has 0 saturated carbocycles. The first-order valence-electron chi connectivity index (χ1n) is 6.36. The highest BCUT2D eigenvalue weighted by Gasteiger charge is 2.17. The fraction of sp³-hybridized carbons (Fsp3) is 0.500. The number of hydrogen-bond donors (Lipinski definition) is 1. The van der Waals surface area contributed by atoms with Crippen LogP contribution < -0.4 is 5.32 Å². The summed E-state index contributed by atoms with van der Waals surface area (Å²) in [6, 6.07) is 8.51. The molecule has 3 heteroatoms. The van der Waals surface area contributed by atoms with E-state index in [1.54, 1.807) is 0 Å². The van der Waals surface area contributed by atoms with E-state index in [-0.39, 0.29) is 5.91 Å². The molecule has 2 rings (SSSR count). The Morgan fingerprint density at radius 3 is 2.35 bits per heavy atom. The molecular weight excluding hydrogens is 212 g/mol. The van der Waals surface area contributed by atoms with E-state index >= 15 is 0 Å². The van der Waals surface area contributed by atoms with Crippen LogP contribution in [0.1, 0.15) is 18.1 Å². The van der Waals surface area contributed by atoms with Crippen molar-refractivity contribution in [2.45, 2.75) is 19.8 Å². The molecular formula is C14H20N2O. The number of carbonyl (C=O) groups is 1. The number of benzene rings is 1. The van der Waals surface area contributed by atoms with Crippen LogP contribution in [0.4, 0.5) is 0 Å². The van der Waals surface area contributed by atoms with E-state index in [2.05, 4.69) is 29.6 Å². The second kappa shape index (κ2) is 5.82. The third kappa shape index (κ3) is 3.07. The summed E-state index contributed by atoms with van der Waals surface area (Å²) in [5.74, 6) is 0.222. The van der Waals surface area contributed by atoms with Gasteiger partial charge in [-0.15, -0.1) is 0 Å². The Labute approximate surface area is 103 Å². The summed E-state index contributed by atoms with van der Waals surface area (Å²) in [6.45, 7) is 5.03. The Balaban J connectivity index is 1.97. The van der Waals surface area contributed by atoms with Crippen molar-refractivity contribution < 1.29 is 4.79 Å². The predicted octanol–water partition coefficient (Wildman–Crippen LogP) is 1.22. The molecule has 3 nitrogen and oxygen atoms in total. The second-order valence-corrected chi connectivity index (χ2v) is 4.43. The van der Waals surface area contributed by atoms with Gasteiger partial charge in [-0.1, -0.05) is 31.2 Å². The Hall–Kier alpha value is -1.35. The van der Waals surface area contributed by atoms with E-state index in [9.17, 15) is 4.79 Å². The smallest absolute Gasteiger partial charge is 0.236 e. The SMILES string of the molecule is CCNCC(=O)N1CCc2ccccc2CC1. The number of hydrogen-bond acceptors (Lipinski definition) is 2. The van der Waals surface area contributed by atoms with Crippen LogP contribution in [0.25, 0.3) is 0 Å². The van der Waals surface area contributed by atoms with Gasteiger partial charge in [0.05, 0.1) is 6.54 Å². The molecule has 1 aromatic carbocycles. The van der Waals surface area contributed by atoms with Gasteiger partial charge in [-0.2, -0.15) is 0 Å². The van der Waals surface area contributed by atoms with Gasteiger partial charge < -0.3 is 10.2 Å². The van der Waals surface area contributed by atoms with Crippen LogP contribution in [-0.4, -0.2) is 37.0 Å². The molecule has 0 aliphatic carbocycles. The van der Waals surface area contributed by atoms with Crippen molar-refractivity contribution in [2.24, 2.45) is 0 Å². The zero-order chi connectivity index (χ0) is 12.1. The van der Waals surface area contributed by atoms with Crippen molar-refractivity contribution in [1.29, 1.82) is 0 Å². The Morgan fingerprint density at radius 2 is 1.82 bits per heavy atom. The molecule has 0 aromatic heterocycles. The normalized spacial score (nSPS) is 15.2. The molecule has 17 heavy (non-hydrogen) atoms. The second-order valence-electron chi connectivity index (χ2n) is 4.43. The van der Waals surface area contributed by atoms with Gasteiger partial charge in [0.25, 0.3) is 0 Å². The number of nitrogens with zero attached hydrogens (tertiary/aromatic N) is 1. The third-order valence-corrected chi connectivity index (χ3v) is 3.30. The minimum absolute atomic E-state index is 0.222. The van der Waals surface area contributed by atoms with Gasteiger partial charge in [0.15, 0.2) is 0 Å². The first kappa shape index (κ1) is 12.1. The molecule has 1 N–H and O–H groups in total. The van der Waals surface area contributed by atoms with Gasteiger partial charge in [-0.3, -0.25) is 4.79 Å². The third-order valence-electron chi connectivity index (χ3n) is 3.30. The van der Waals surface area contributed by atoms with Crippen LogP contribution in [0.3, 0.4) is 0 Å². The van der Waals surface area contributed by atoms with Gasteiger partial charge >= 0.3 is 0 Å². The molecule has 1 heterocycles. The highest BCUT2D eigenvalue weighted by Crippen LogP contribution is 2.15. The number of carbonyl (C=O) groups excluding carboxylic acids is 1. The van der Waals surface area contributed by atoms with Crippen LogP contribution in [0.15, 0.2) is 24.3 Å². The molecule has 0 saturated heterocycles. The van der Waals surface area contributed by atoms with Crippen molar-refractivity contribution in [3.63, 3.8) is 0 Å². The molecule has 92 valence electrons. The molecule has 0 bridgehead atoms. The first-order chi connectivity index (χ1) is 8.31. The zero-order valence-corrected chi connectivity index (χ0v) is 10.4. The Bertz CT molecular complexity index is 363. The molecule has 0 spiro atoms. The van der Waals surface area contributed by atoms with Gasteiger partial charge in [0.1, 0.15) is 0 Å². The summed E-state index contributed by atoms with van der Waals surface area (Å²) in [7, 11) is 0. The minimum atomic E-state index is 0.222. The lowest BCUT2D eigenvalue weighted by atomic mass is 10.0. The highest BCUT2D eigenvalue weighted by molar-refractivity contribution is 5.78. The molecule has 0 radical (unpaired) electrons. The topological polar surface area (TPSA) is 32.3 Å². The van der Waals surface area contributed by atoms with Crippen LogP contribution in [0, 0.1) is 0 Å². The van der Waals surface area contributed by atoms with Crippen molar-refractivity contribution in [1.82, 2.24) is 10.2 Å². The number of likely N-dealkylation sites (N-methyl/N-ethyl adjacent to an activating group) is 1. The van der Waals surface area contributed by atoms with E-state index in [1.165, 1.54) is 11.1 Å². The van der Waals surface area contributed by atoms with E-state index in [0.717, 1.165) is 32.5 Å². The molecule has 0 fully saturated rings. The molecule has 1 amide bonds. The maximum absolute atomic E-state index is 11.9. The van der Waals surface area contributed by atoms with Gasteiger partial charge in [-0.25, -0.2) is 0 Å². The van der Waals surface area contributed by atoms with E-state index in [0.29, 0.717) is 6.54 Å². The molecule has 1 aromatic rings. The van der Waals surface area contributed by atoms with E-state index in [4.69, 9.17) is 0 Å². The molecule has 0 unspecified atom stereocenters. The van der Waals surface area contributed by atoms with E-state index < -0.39 is 0 Å². The van der Waals surface area contributed by atoms with Crippen LogP contribution >= 0.6 is 0 Å². The maximum atomic E-state index is 11.9.